The van der Waals surface area contributed by atoms with Gasteiger partial charge in [0.05, 0.1) is 9.82 Å². The summed E-state index contributed by atoms with van der Waals surface area (Å²) in [6.07, 6.45) is 0.785. The van der Waals surface area contributed by atoms with Gasteiger partial charge in [-0.3, -0.25) is 19.6 Å². The van der Waals surface area contributed by atoms with E-state index in [1.807, 2.05) is 30.3 Å². The van der Waals surface area contributed by atoms with Crippen LogP contribution in [0.4, 0.5) is 5.69 Å². The van der Waals surface area contributed by atoms with Crippen LogP contribution in [0.3, 0.4) is 0 Å². The number of nitrogens with one attached hydrogen (secondary N) is 1. The number of non-ortho nitro benzene ring substituents is 1. The molecule has 0 saturated heterocycles. The smallest absolute Gasteiger partial charge is 0.269 e. The molecule has 2 aromatic carbocycles. The van der Waals surface area contributed by atoms with E-state index in [9.17, 15) is 19.1 Å². The fourth-order valence-electron chi connectivity index (χ4n) is 1.81. The number of nitro benzene ring substituents is 1. The van der Waals surface area contributed by atoms with Gasteiger partial charge in [-0.2, -0.15) is 0 Å². The number of carbonyl (C=O) groups is 1. The molecule has 22 heavy (non-hydrogen) atoms. The van der Waals surface area contributed by atoms with Crippen molar-refractivity contribution in [3.8, 4) is 0 Å². The molecule has 0 aliphatic carbocycles. The van der Waals surface area contributed by atoms with E-state index < -0.39 is 15.9 Å². The first-order valence-corrected chi connectivity index (χ1v) is 7.71. The lowest BCUT2D eigenvalue weighted by molar-refractivity contribution is -0.384. The number of nitrogens with zero attached hydrogens (tertiary/aromatic N) is 1. The van der Waals surface area contributed by atoms with Gasteiger partial charge in [-0.05, 0) is 24.1 Å². The number of nitro groups is 1. The van der Waals surface area contributed by atoms with Crippen molar-refractivity contribution in [1.82, 2.24) is 4.72 Å². The van der Waals surface area contributed by atoms with Gasteiger partial charge in [-0.1, -0.05) is 30.3 Å². The van der Waals surface area contributed by atoms with E-state index in [1.165, 1.54) is 24.3 Å². The van der Waals surface area contributed by atoms with Crippen LogP contribution in [0.25, 0.3) is 0 Å². The monoisotopic (exact) mass is 318 g/mol. The summed E-state index contributed by atoms with van der Waals surface area (Å²) in [5, 5.41) is 10.5. The van der Waals surface area contributed by atoms with Crippen molar-refractivity contribution < 1.29 is 13.9 Å². The molecule has 0 aliphatic rings. The average molecular weight is 318 g/mol. The number of rotatable bonds is 6. The third-order valence-corrected chi connectivity index (χ3v) is 4.07. The van der Waals surface area contributed by atoms with Gasteiger partial charge in [0, 0.05) is 18.6 Å². The Labute approximate surface area is 129 Å². The van der Waals surface area contributed by atoms with E-state index in [0.29, 0.717) is 11.3 Å². The summed E-state index contributed by atoms with van der Waals surface area (Å²) in [4.78, 5) is 22.1. The summed E-state index contributed by atoms with van der Waals surface area (Å²) in [6, 6.07) is 14.8. The zero-order valence-electron chi connectivity index (χ0n) is 11.6. The van der Waals surface area contributed by atoms with Crippen LogP contribution in [0.1, 0.15) is 12.0 Å². The van der Waals surface area contributed by atoms with Crippen LogP contribution in [0.5, 0.6) is 0 Å². The minimum absolute atomic E-state index is 0.0869. The van der Waals surface area contributed by atoms with Gasteiger partial charge in [0.15, 0.2) is 11.0 Å². The maximum atomic E-state index is 12.0. The van der Waals surface area contributed by atoms with Crippen LogP contribution in [-0.4, -0.2) is 15.0 Å². The standard InChI is InChI=1S/C15H14N2O4S/c18-15(11-6-12-4-2-1-3-5-12)16-22(21)14-9-7-13(8-10-14)17(19)20/h1-5,7-10H,6,11H2,(H,16,18). The van der Waals surface area contributed by atoms with Gasteiger partial charge in [-0.15, -0.1) is 0 Å². The van der Waals surface area contributed by atoms with Crippen LogP contribution < -0.4 is 4.72 Å². The molecule has 0 spiro atoms. The Hall–Kier alpha value is -2.54. The van der Waals surface area contributed by atoms with Crippen molar-refractivity contribution in [3.05, 3.63) is 70.3 Å². The van der Waals surface area contributed by atoms with E-state index >= 15 is 0 Å². The van der Waals surface area contributed by atoms with Crippen molar-refractivity contribution in [2.24, 2.45) is 0 Å². The van der Waals surface area contributed by atoms with Crippen molar-refractivity contribution in [2.75, 3.05) is 0 Å². The van der Waals surface area contributed by atoms with Crippen molar-refractivity contribution in [3.63, 3.8) is 0 Å². The Morgan fingerprint density at radius 3 is 2.32 bits per heavy atom. The second-order valence-corrected chi connectivity index (χ2v) is 5.74. The van der Waals surface area contributed by atoms with Crippen LogP contribution in [-0.2, 0) is 22.2 Å². The van der Waals surface area contributed by atoms with Gasteiger partial charge >= 0.3 is 0 Å². The highest BCUT2D eigenvalue weighted by molar-refractivity contribution is 7.83. The second-order valence-electron chi connectivity index (χ2n) is 4.53. The molecule has 0 aliphatic heterocycles. The highest BCUT2D eigenvalue weighted by Gasteiger charge is 2.11. The molecule has 2 aromatic rings. The number of hydrogen-bond acceptors (Lipinski definition) is 4. The average Bonchev–Trinajstić information content (AvgIpc) is 2.54. The molecular weight excluding hydrogens is 304 g/mol. The Balaban J connectivity index is 1.88. The number of hydrogen-bond donors (Lipinski definition) is 1. The minimum atomic E-state index is -1.72. The normalized spacial score (nSPS) is 11.6. The SMILES string of the molecule is O=C(CCc1ccccc1)NS(=O)c1ccc([N+](=O)[O-])cc1. The third kappa shape index (κ3) is 4.49. The Morgan fingerprint density at radius 1 is 1.09 bits per heavy atom. The van der Waals surface area contributed by atoms with Crippen molar-refractivity contribution >= 4 is 22.6 Å². The lowest BCUT2D eigenvalue weighted by Crippen LogP contribution is -2.25. The van der Waals surface area contributed by atoms with Gasteiger partial charge < -0.3 is 0 Å². The number of carbonyl (C=O) groups excluding carboxylic acids is 1. The molecule has 0 aromatic heterocycles. The molecule has 0 bridgehead atoms. The third-order valence-electron chi connectivity index (χ3n) is 2.95. The second kappa shape index (κ2) is 7.46. The molecule has 7 heteroatoms. The summed E-state index contributed by atoms with van der Waals surface area (Å²) < 4.78 is 14.3. The van der Waals surface area contributed by atoms with Crippen LogP contribution >= 0.6 is 0 Å². The molecule has 1 amide bonds. The van der Waals surface area contributed by atoms with Crippen LogP contribution in [0.15, 0.2) is 59.5 Å². The number of aryl methyl sites for hydroxylation is 1. The maximum absolute atomic E-state index is 12.0. The first-order valence-electron chi connectivity index (χ1n) is 6.56. The summed E-state index contributed by atoms with van der Waals surface area (Å²) in [5.41, 5.74) is 0.940. The maximum Gasteiger partial charge on any atom is 0.269 e. The number of amides is 1. The lowest BCUT2D eigenvalue weighted by Gasteiger charge is -2.05. The molecule has 1 N–H and O–H groups in total. The van der Waals surface area contributed by atoms with E-state index in [1.54, 1.807) is 0 Å². The van der Waals surface area contributed by atoms with E-state index in [0.717, 1.165) is 5.56 Å². The molecule has 1 unspecified atom stereocenters. The fourth-order valence-corrected chi connectivity index (χ4v) is 2.62. The van der Waals surface area contributed by atoms with E-state index in [-0.39, 0.29) is 18.0 Å². The molecule has 6 nitrogen and oxygen atoms in total. The summed E-state index contributed by atoms with van der Waals surface area (Å²) in [5.74, 6) is -0.333. The highest BCUT2D eigenvalue weighted by Crippen LogP contribution is 2.14. The summed E-state index contributed by atoms with van der Waals surface area (Å²) in [6.45, 7) is 0. The molecule has 0 heterocycles. The van der Waals surface area contributed by atoms with Gasteiger partial charge in [0.25, 0.3) is 5.69 Å². The predicted octanol–water partition coefficient (Wildman–Crippen LogP) is 2.37. The van der Waals surface area contributed by atoms with Gasteiger partial charge in [0.2, 0.25) is 5.91 Å². The first kappa shape index (κ1) is 15.8. The zero-order chi connectivity index (χ0) is 15.9. The molecule has 2 rings (SSSR count). The zero-order valence-corrected chi connectivity index (χ0v) is 12.4. The van der Waals surface area contributed by atoms with E-state index in [4.69, 9.17) is 0 Å². The number of benzene rings is 2. The Bertz CT molecular complexity index is 686. The van der Waals surface area contributed by atoms with Gasteiger partial charge in [0.1, 0.15) is 0 Å². The molecule has 1 atom stereocenters. The quantitative estimate of drug-likeness (QED) is 0.654. The van der Waals surface area contributed by atoms with Crippen LogP contribution in [0.2, 0.25) is 0 Å². The molecule has 114 valence electrons. The van der Waals surface area contributed by atoms with E-state index in [2.05, 4.69) is 4.72 Å². The van der Waals surface area contributed by atoms with Crippen LogP contribution in [0, 0.1) is 10.1 Å². The summed E-state index contributed by atoms with van der Waals surface area (Å²) in [7, 11) is -1.72. The summed E-state index contributed by atoms with van der Waals surface area (Å²) >= 11 is 0. The largest absolute Gasteiger partial charge is 0.274 e. The van der Waals surface area contributed by atoms with Crippen molar-refractivity contribution in [1.29, 1.82) is 0 Å². The molecule has 0 saturated carbocycles. The Morgan fingerprint density at radius 2 is 1.73 bits per heavy atom. The topological polar surface area (TPSA) is 89.3 Å². The molecule has 0 radical (unpaired) electrons. The highest BCUT2D eigenvalue weighted by atomic mass is 32.2. The van der Waals surface area contributed by atoms with Crippen molar-refractivity contribution in [2.45, 2.75) is 17.7 Å². The molecular formula is C15H14N2O4S. The lowest BCUT2D eigenvalue weighted by atomic mass is 10.1. The minimum Gasteiger partial charge on any atom is -0.274 e. The van der Waals surface area contributed by atoms with Gasteiger partial charge in [-0.25, -0.2) is 4.21 Å². The fraction of sp³-hybridized carbons (Fsp3) is 0.133. The first-order chi connectivity index (χ1) is 10.6. The predicted molar refractivity (Wildman–Crippen MR) is 82.4 cm³/mol. The Kier molecular flexibility index (Phi) is 5.37. The molecule has 0 fully saturated rings.